The van der Waals surface area contributed by atoms with Gasteiger partial charge in [0.1, 0.15) is 0 Å². The average Bonchev–Trinajstić information content (AvgIpc) is 2.60. The molecule has 1 aliphatic heterocycles. The molecule has 16 heavy (non-hydrogen) atoms. The summed E-state index contributed by atoms with van der Waals surface area (Å²) in [6, 6.07) is 0. The lowest BCUT2D eigenvalue weighted by molar-refractivity contribution is -0.131. The molecule has 0 spiro atoms. The van der Waals surface area contributed by atoms with Gasteiger partial charge in [-0.2, -0.15) is 0 Å². The number of amides is 1. The smallest absolute Gasteiger partial charge is 0.223 e. The predicted molar refractivity (Wildman–Crippen MR) is 59.8 cm³/mol. The van der Waals surface area contributed by atoms with E-state index in [1.54, 1.807) is 4.90 Å². The van der Waals surface area contributed by atoms with Gasteiger partial charge in [0.05, 0.1) is 5.60 Å². The van der Waals surface area contributed by atoms with Crippen LogP contribution in [0.15, 0.2) is 0 Å². The Kier molecular flexibility index (Phi) is 3.50. The molecule has 0 bridgehead atoms. The van der Waals surface area contributed by atoms with E-state index in [1.807, 2.05) is 0 Å². The highest BCUT2D eigenvalue weighted by molar-refractivity contribution is 5.78. The molecule has 2 fully saturated rings. The molecule has 1 unspecified atom stereocenters. The summed E-state index contributed by atoms with van der Waals surface area (Å²) in [5.41, 5.74) is -0.668. The molecule has 0 radical (unpaired) electrons. The van der Waals surface area contributed by atoms with Crippen molar-refractivity contribution in [2.75, 3.05) is 19.7 Å². The Morgan fingerprint density at radius 2 is 2.00 bits per heavy atom. The van der Waals surface area contributed by atoms with E-state index in [0.29, 0.717) is 19.5 Å². The first-order chi connectivity index (χ1) is 7.63. The quantitative estimate of drug-likeness (QED) is 0.739. The van der Waals surface area contributed by atoms with E-state index < -0.39 is 5.60 Å². The molecule has 1 heterocycles. The monoisotopic (exact) mass is 227 g/mol. The lowest BCUT2D eigenvalue weighted by Gasteiger charge is -2.35. The topological polar surface area (TPSA) is 60.8 Å². The van der Waals surface area contributed by atoms with Gasteiger partial charge in [0, 0.05) is 32.0 Å². The first-order valence-electron chi connectivity index (χ1n) is 6.24. The minimum absolute atomic E-state index is 0.0692. The number of β-amino-alcohol motifs (C(OH)–C–C–N with tert-alkyl or cyclic N) is 1. The Hall–Kier alpha value is -0.610. The van der Waals surface area contributed by atoms with Gasteiger partial charge < -0.3 is 15.1 Å². The number of hydrogen-bond acceptors (Lipinski definition) is 3. The van der Waals surface area contributed by atoms with Gasteiger partial charge >= 0.3 is 0 Å². The van der Waals surface area contributed by atoms with Crippen molar-refractivity contribution in [2.24, 2.45) is 5.92 Å². The summed E-state index contributed by atoms with van der Waals surface area (Å²) in [7, 11) is 0. The molecule has 4 nitrogen and oxygen atoms in total. The van der Waals surface area contributed by atoms with E-state index in [1.165, 1.54) is 6.42 Å². The van der Waals surface area contributed by atoms with Crippen LogP contribution in [0.1, 0.15) is 38.5 Å². The number of carbonyl (C=O) groups is 1. The number of rotatable bonds is 3. The maximum Gasteiger partial charge on any atom is 0.223 e. The van der Waals surface area contributed by atoms with Crippen LogP contribution in [0, 0.1) is 5.92 Å². The van der Waals surface area contributed by atoms with Gasteiger partial charge in [0.15, 0.2) is 0 Å². The minimum Gasteiger partial charge on any atom is -0.396 e. The van der Waals surface area contributed by atoms with E-state index in [-0.39, 0.29) is 18.4 Å². The number of hydrogen-bond donors (Lipinski definition) is 2. The number of carbonyl (C=O) groups excluding carboxylic acids is 1. The number of nitrogens with zero attached hydrogens (tertiary/aromatic N) is 1. The Morgan fingerprint density at radius 3 is 2.56 bits per heavy atom. The van der Waals surface area contributed by atoms with Gasteiger partial charge in [-0.15, -0.1) is 0 Å². The van der Waals surface area contributed by atoms with Crippen LogP contribution in [0.4, 0.5) is 0 Å². The normalized spacial score (nSPS) is 29.8. The van der Waals surface area contributed by atoms with Gasteiger partial charge in [0.2, 0.25) is 5.91 Å². The van der Waals surface area contributed by atoms with Crippen LogP contribution < -0.4 is 0 Å². The largest absolute Gasteiger partial charge is 0.396 e. The van der Waals surface area contributed by atoms with Crippen molar-refractivity contribution in [3.05, 3.63) is 0 Å². The molecule has 4 heteroatoms. The second kappa shape index (κ2) is 4.72. The Bertz CT molecular complexity index is 261. The standard InChI is InChI=1S/C12H21NO3/c14-8-10-6-11(15)13(7-10)9-12(16)4-2-1-3-5-12/h10,14,16H,1-9H2. The SMILES string of the molecule is O=C1CC(CO)CN1CC1(O)CCCCC1. The summed E-state index contributed by atoms with van der Waals surface area (Å²) in [5, 5.41) is 19.4. The zero-order valence-corrected chi connectivity index (χ0v) is 9.69. The Labute approximate surface area is 96.3 Å². The molecule has 2 rings (SSSR count). The van der Waals surface area contributed by atoms with Gasteiger partial charge in [-0.1, -0.05) is 19.3 Å². The molecule has 1 aliphatic carbocycles. The summed E-state index contributed by atoms with van der Waals surface area (Å²) >= 11 is 0. The van der Waals surface area contributed by atoms with E-state index in [0.717, 1.165) is 25.7 Å². The summed E-state index contributed by atoms with van der Waals surface area (Å²) < 4.78 is 0. The molecule has 0 aromatic rings. The van der Waals surface area contributed by atoms with Crippen LogP contribution in [0.2, 0.25) is 0 Å². The highest BCUT2D eigenvalue weighted by Gasteiger charge is 2.37. The second-order valence-corrected chi connectivity index (χ2v) is 5.31. The Morgan fingerprint density at radius 1 is 1.31 bits per heavy atom. The molecule has 0 aromatic carbocycles. The van der Waals surface area contributed by atoms with Crippen molar-refractivity contribution in [1.82, 2.24) is 4.90 Å². The average molecular weight is 227 g/mol. The fourth-order valence-electron chi connectivity index (χ4n) is 2.85. The van der Waals surface area contributed by atoms with Crippen LogP contribution in [0.5, 0.6) is 0 Å². The number of aliphatic hydroxyl groups is 2. The van der Waals surface area contributed by atoms with E-state index in [2.05, 4.69) is 0 Å². The molecule has 2 N–H and O–H groups in total. The molecule has 1 amide bonds. The third kappa shape index (κ3) is 2.55. The molecule has 1 atom stereocenters. The maximum atomic E-state index is 11.7. The van der Waals surface area contributed by atoms with Gasteiger partial charge in [0.25, 0.3) is 0 Å². The van der Waals surface area contributed by atoms with Crippen LogP contribution in [-0.4, -0.2) is 46.3 Å². The van der Waals surface area contributed by atoms with Crippen molar-refractivity contribution < 1.29 is 15.0 Å². The molecule has 2 aliphatic rings. The van der Waals surface area contributed by atoms with Crippen molar-refractivity contribution >= 4 is 5.91 Å². The zero-order chi connectivity index (χ0) is 11.6. The lowest BCUT2D eigenvalue weighted by Crippen LogP contribution is -2.45. The molecular weight excluding hydrogens is 206 g/mol. The zero-order valence-electron chi connectivity index (χ0n) is 9.69. The second-order valence-electron chi connectivity index (χ2n) is 5.31. The van der Waals surface area contributed by atoms with Crippen molar-refractivity contribution in [1.29, 1.82) is 0 Å². The lowest BCUT2D eigenvalue weighted by atomic mass is 9.84. The molecule has 0 aromatic heterocycles. The van der Waals surface area contributed by atoms with E-state index >= 15 is 0 Å². The van der Waals surface area contributed by atoms with Crippen LogP contribution in [0.25, 0.3) is 0 Å². The highest BCUT2D eigenvalue weighted by atomic mass is 16.3. The minimum atomic E-state index is -0.668. The molecule has 1 saturated carbocycles. The first-order valence-corrected chi connectivity index (χ1v) is 6.24. The predicted octanol–water partition coefficient (Wildman–Crippen LogP) is 0.522. The Balaban J connectivity index is 1.91. The van der Waals surface area contributed by atoms with Gasteiger partial charge in [-0.3, -0.25) is 4.79 Å². The van der Waals surface area contributed by atoms with Crippen molar-refractivity contribution in [2.45, 2.75) is 44.1 Å². The first kappa shape index (κ1) is 11.9. The molecule has 1 saturated heterocycles. The summed E-state index contributed by atoms with van der Waals surface area (Å²) in [6.07, 6.45) is 5.35. The third-order valence-corrected chi connectivity index (χ3v) is 3.82. The summed E-state index contributed by atoms with van der Waals surface area (Å²) in [6.45, 7) is 1.14. The third-order valence-electron chi connectivity index (χ3n) is 3.82. The van der Waals surface area contributed by atoms with Crippen LogP contribution in [-0.2, 0) is 4.79 Å². The van der Waals surface area contributed by atoms with Crippen LogP contribution >= 0.6 is 0 Å². The van der Waals surface area contributed by atoms with E-state index in [4.69, 9.17) is 5.11 Å². The summed E-state index contributed by atoms with van der Waals surface area (Å²) in [4.78, 5) is 13.4. The highest BCUT2D eigenvalue weighted by Crippen LogP contribution is 2.30. The summed E-state index contributed by atoms with van der Waals surface area (Å²) in [5.74, 6) is 0.151. The van der Waals surface area contributed by atoms with Crippen molar-refractivity contribution in [3.63, 3.8) is 0 Å². The van der Waals surface area contributed by atoms with Gasteiger partial charge in [-0.05, 0) is 12.8 Å². The fraction of sp³-hybridized carbons (Fsp3) is 0.917. The fourth-order valence-corrected chi connectivity index (χ4v) is 2.85. The maximum absolute atomic E-state index is 11.7. The molecular formula is C12H21NO3. The number of likely N-dealkylation sites (tertiary alicyclic amines) is 1. The molecule has 92 valence electrons. The van der Waals surface area contributed by atoms with E-state index in [9.17, 15) is 9.90 Å². The number of aliphatic hydroxyl groups excluding tert-OH is 1. The van der Waals surface area contributed by atoms with Crippen LogP contribution in [0.3, 0.4) is 0 Å². The van der Waals surface area contributed by atoms with Crippen molar-refractivity contribution in [3.8, 4) is 0 Å². The van der Waals surface area contributed by atoms with Gasteiger partial charge in [-0.25, -0.2) is 0 Å².